The summed E-state index contributed by atoms with van der Waals surface area (Å²) in [5, 5.41) is 0. The highest BCUT2D eigenvalue weighted by molar-refractivity contribution is 5.85. The molecule has 0 aliphatic heterocycles. The molecule has 0 spiro atoms. The summed E-state index contributed by atoms with van der Waals surface area (Å²) in [6.45, 7) is 5.15. The van der Waals surface area contributed by atoms with Crippen LogP contribution in [0.5, 0.6) is 5.75 Å². The molecule has 22 heavy (non-hydrogen) atoms. The normalized spacial score (nSPS) is 10.8. The predicted octanol–water partition coefficient (Wildman–Crippen LogP) is 2.85. The zero-order valence-corrected chi connectivity index (χ0v) is 14.3. The molecule has 0 radical (unpaired) electrons. The molecular formula is C16H26ClFN2O2. The average molecular weight is 333 g/mol. The second-order valence-corrected chi connectivity index (χ2v) is 5.22. The van der Waals surface area contributed by atoms with Crippen LogP contribution in [-0.4, -0.2) is 37.6 Å². The van der Waals surface area contributed by atoms with E-state index in [1.54, 1.807) is 24.1 Å². The van der Waals surface area contributed by atoms with Crippen LogP contribution in [0, 0.1) is 11.2 Å². The van der Waals surface area contributed by atoms with E-state index < -0.39 is 5.41 Å². The molecule has 1 aromatic carbocycles. The molecule has 0 unspecified atom stereocenters. The molecule has 0 bridgehead atoms. The quantitative estimate of drug-likeness (QED) is 0.796. The van der Waals surface area contributed by atoms with Gasteiger partial charge < -0.3 is 15.4 Å². The number of hydrogen-bond acceptors (Lipinski definition) is 3. The lowest BCUT2D eigenvalue weighted by Gasteiger charge is -2.33. The molecule has 0 heterocycles. The standard InChI is InChI=1S/C16H25FN2O2.ClH/c1-4-16(5-2,12-18)15(20)19(3)10-11-21-14-8-6-13(17)7-9-14;/h6-9H,4-5,10-12,18H2,1-3H3;1H. The van der Waals surface area contributed by atoms with Crippen LogP contribution < -0.4 is 10.5 Å². The molecule has 1 amide bonds. The Morgan fingerprint density at radius 2 is 1.82 bits per heavy atom. The SMILES string of the molecule is CCC(CC)(CN)C(=O)N(C)CCOc1ccc(F)cc1.Cl. The maximum Gasteiger partial charge on any atom is 0.229 e. The summed E-state index contributed by atoms with van der Waals surface area (Å²) in [4.78, 5) is 14.1. The van der Waals surface area contributed by atoms with E-state index in [1.165, 1.54) is 12.1 Å². The molecule has 6 heteroatoms. The lowest BCUT2D eigenvalue weighted by Crippen LogP contribution is -2.47. The Labute approximate surface area is 138 Å². The van der Waals surface area contributed by atoms with Crippen molar-refractivity contribution in [3.05, 3.63) is 30.1 Å². The van der Waals surface area contributed by atoms with Crippen molar-refractivity contribution in [2.75, 3.05) is 26.7 Å². The number of ether oxygens (including phenoxy) is 1. The highest BCUT2D eigenvalue weighted by atomic mass is 35.5. The molecule has 126 valence electrons. The van der Waals surface area contributed by atoms with Gasteiger partial charge in [-0.2, -0.15) is 0 Å². The first-order chi connectivity index (χ1) is 9.99. The van der Waals surface area contributed by atoms with Crippen molar-refractivity contribution in [1.29, 1.82) is 0 Å². The third-order valence-corrected chi connectivity index (χ3v) is 4.05. The van der Waals surface area contributed by atoms with Crippen molar-refractivity contribution in [2.45, 2.75) is 26.7 Å². The Morgan fingerprint density at radius 1 is 1.27 bits per heavy atom. The number of nitrogens with zero attached hydrogens (tertiary/aromatic N) is 1. The zero-order valence-electron chi connectivity index (χ0n) is 13.5. The van der Waals surface area contributed by atoms with Crippen LogP contribution in [0.2, 0.25) is 0 Å². The fourth-order valence-corrected chi connectivity index (χ4v) is 2.27. The van der Waals surface area contributed by atoms with Crippen LogP contribution in [-0.2, 0) is 4.79 Å². The molecule has 0 saturated carbocycles. The Bertz CT molecular complexity index is 442. The number of benzene rings is 1. The van der Waals surface area contributed by atoms with Crippen molar-refractivity contribution in [2.24, 2.45) is 11.1 Å². The largest absolute Gasteiger partial charge is 0.492 e. The number of carbonyl (C=O) groups excluding carboxylic acids is 1. The van der Waals surface area contributed by atoms with Crippen molar-refractivity contribution in [1.82, 2.24) is 4.90 Å². The van der Waals surface area contributed by atoms with Crippen LogP contribution in [0.25, 0.3) is 0 Å². The summed E-state index contributed by atoms with van der Waals surface area (Å²) in [6.07, 6.45) is 1.45. The van der Waals surface area contributed by atoms with E-state index in [0.29, 0.717) is 25.4 Å². The molecule has 0 atom stereocenters. The summed E-state index contributed by atoms with van der Waals surface area (Å²) < 4.78 is 18.3. The topological polar surface area (TPSA) is 55.6 Å². The average Bonchev–Trinajstić information content (AvgIpc) is 2.51. The van der Waals surface area contributed by atoms with Gasteiger partial charge in [0.15, 0.2) is 0 Å². The van der Waals surface area contributed by atoms with E-state index in [4.69, 9.17) is 10.5 Å². The summed E-state index contributed by atoms with van der Waals surface area (Å²) in [5.74, 6) is 0.347. The van der Waals surface area contributed by atoms with Gasteiger partial charge in [0, 0.05) is 13.6 Å². The van der Waals surface area contributed by atoms with Crippen molar-refractivity contribution in [3.8, 4) is 5.75 Å². The van der Waals surface area contributed by atoms with E-state index in [2.05, 4.69) is 0 Å². The highest BCUT2D eigenvalue weighted by Crippen LogP contribution is 2.27. The van der Waals surface area contributed by atoms with Gasteiger partial charge in [0.1, 0.15) is 18.2 Å². The van der Waals surface area contributed by atoms with Crippen LogP contribution in [0.15, 0.2) is 24.3 Å². The fourth-order valence-electron chi connectivity index (χ4n) is 2.27. The van der Waals surface area contributed by atoms with Gasteiger partial charge in [-0.1, -0.05) is 13.8 Å². The van der Waals surface area contributed by atoms with E-state index in [-0.39, 0.29) is 24.1 Å². The smallest absolute Gasteiger partial charge is 0.229 e. The number of likely N-dealkylation sites (N-methyl/N-ethyl adjacent to an activating group) is 1. The number of halogens is 2. The van der Waals surface area contributed by atoms with Gasteiger partial charge in [-0.25, -0.2) is 4.39 Å². The summed E-state index contributed by atoms with van der Waals surface area (Å²) in [7, 11) is 1.76. The number of amides is 1. The Kier molecular flexibility index (Phi) is 9.06. The molecule has 0 saturated heterocycles. The Hall–Kier alpha value is -1.33. The number of hydrogen-bond donors (Lipinski definition) is 1. The molecule has 0 aliphatic carbocycles. The van der Waals surface area contributed by atoms with Gasteiger partial charge >= 0.3 is 0 Å². The maximum atomic E-state index is 12.8. The molecule has 1 rings (SSSR count). The molecule has 2 N–H and O–H groups in total. The molecule has 1 aromatic rings. The van der Waals surface area contributed by atoms with Crippen molar-refractivity contribution >= 4 is 18.3 Å². The van der Waals surface area contributed by atoms with E-state index >= 15 is 0 Å². The minimum Gasteiger partial charge on any atom is -0.492 e. The fraction of sp³-hybridized carbons (Fsp3) is 0.562. The second kappa shape index (κ2) is 9.64. The van der Waals surface area contributed by atoms with Crippen LogP contribution in [0.4, 0.5) is 4.39 Å². The molecule has 0 aromatic heterocycles. The first-order valence-electron chi connectivity index (χ1n) is 7.33. The maximum absolute atomic E-state index is 12.8. The van der Waals surface area contributed by atoms with E-state index in [1.807, 2.05) is 13.8 Å². The highest BCUT2D eigenvalue weighted by Gasteiger charge is 2.35. The Balaban J connectivity index is 0.00000441. The minimum atomic E-state index is -0.482. The van der Waals surface area contributed by atoms with Crippen LogP contribution in [0.3, 0.4) is 0 Å². The van der Waals surface area contributed by atoms with Gasteiger partial charge in [0.25, 0.3) is 0 Å². The molecule has 0 aliphatic rings. The van der Waals surface area contributed by atoms with Gasteiger partial charge in [-0.15, -0.1) is 12.4 Å². The summed E-state index contributed by atoms with van der Waals surface area (Å²) in [5.41, 5.74) is 5.31. The molecular weight excluding hydrogens is 307 g/mol. The van der Waals surface area contributed by atoms with Gasteiger partial charge in [-0.05, 0) is 37.1 Å². The lowest BCUT2D eigenvalue weighted by atomic mass is 9.81. The van der Waals surface area contributed by atoms with E-state index in [0.717, 1.165) is 12.8 Å². The third-order valence-electron chi connectivity index (χ3n) is 4.05. The monoisotopic (exact) mass is 332 g/mol. The zero-order chi connectivity index (χ0) is 15.9. The van der Waals surface area contributed by atoms with Crippen LogP contribution >= 0.6 is 12.4 Å². The third kappa shape index (κ3) is 5.14. The molecule has 0 fully saturated rings. The predicted molar refractivity (Wildman–Crippen MR) is 88.8 cm³/mol. The van der Waals surface area contributed by atoms with Gasteiger partial charge in [-0.3, -0.25) is 4.79 Å². The minimum absolute atomic E-state index is 0. The Morgan fingerprint density at radius 3 is 2.27 bits per heavy atom. The summed E-state index contributed by atoms with van der Waals surface area (Å²) in [6, 6.07) is 5.83. The number of rotatable bonds is 8. The molecule has 4 nitrogen and oxygen atoms in total. The number of carbonyl (C=O) groups is 1. The van der Waals surface area contributed by atoms with Crippen LogP contribution in [0.1, 0.15) is 26.7 Å². The van der Waals surface area contributed by atoms with Crippen molar-refractivity contribution in [3.63, 3.8) is 0 Å². The first-order valence-corrected chi connectivity index (χ1v) is 7.33. The summed E-state index contributed by atoms with van der Waals surface area (Å²) >= 11 is 0. The number of nitrogens with two attached hydrogens (primary N) is 1. The van der Waals surface area contributed by atoms with Gasteiger partial charge in [0.05, 0.1) is 12.0 Å². The van der Waals surface area contributed by atoms with Crippen molar-refractivity contribution < 1.29 is 13.9 Å². The lowest BCUT2D eigenvalue weighted by molar-refractivity contribution is -0.141. The van der Waals surface area contributed by atoms with E-state index in [9.17, 15) is 9.18 Å². The first kappa shape index (κ1) is 20.7. The van der Waals surface area contributed by atoms with Gasteiger partial charge in [0.2, 0.25) is 5.91 Å². The second-order valence-electron chi connectivity index (χ2n) is 5.22.